The van der Waals surface area contributed by atoms with Gasteiger partial charge in [-0.1, -0.05) is 62.4 Å². The number of hydrogen-bond donors (Lipinski definition) is 0. The molecule has 8 aliphatic heterocycles. The fourth-order valence-electron chi connectivity index (χ4n) is 14.1. The Morgan fingerprint density at radius 2 is 0.710 bits per heavy atom. The molecule has 22 nitrogen and oxygen atoms in total. The molecule has 10 unspecified atom stereocenters. The van der Waals surface area contributed by atoms with E-state index < -0.39 is 200 Å². The maximum atomic E-state index is 17.0. The largest absolute Gasteiger partial charge is 0.453 e. The van der Waals surface area contributed by atoms with Gasteiger partial charge in [-0.05, 0) is 71.5 Å². The molecule has 0 amide bonds. The fourth-order valence-corrected chi connectivity index (χ4v) is 17.8. The molecule has 0 aromatic heterocycles. The van der Waals surface area contributed by atoms with Gasteiger partial charge in [-0.15, -0.1) is 0 Å². The van der Waals surface area contributed by atoms with Gasteiger partial charge in [-0.25, -0.2) is 26.4 Å². The van der Waals surface area contributed by atoms with Gasteiger partial charge >= 0.3 is 29.7 Å². The second-order valence-corrected chi connectivity index (χ2v) is 27.3. The van der Waals surface area contributed by atoms with Crippen molar-refractivity contribution >= 4 is 42.8 Å². The van der Waals surface area contributed by atoms with Crippen LogP contribution in [-0.4, -0.2) is 187 Å². The summed E-state index contributed by atoms with van der Waals surface area (Å²) >= 11 is 0. The van der Waals surface area contributed by atoms with Crippen molar-refractivity contribution in [2.24, 2.45) is 0 Å². The van der Waals surface area contributed by atoms with E-state index in [9.17, 15) is 26.4 Å². The van der Waals surface area contributed by atoms with Gasteiger partial charge in [-0.2, -0.15) is 26.3 Å². The number of methoxy groups -OCH3 is 4. The third kappa shape index (κ3) is 10.2. The number of benzene rings is 4. The predicted molar refractivity (Wildman–Crippen MR) is 306 cm³/mol. The Balaban J connectivity index is 0.797. The van der Waals surface area contributed by atoms with Gasteiger partial charge in [0.25, 0.3) is 11.9 Å². The molecule has 500 valence electrons. The van der Waals surface area contributed by atoms with E-state index in [1.165, 1.54) is 103 Å². The summed E-state index contributed by atoms with van der Waals surface area (Å²) < 4.78 is 252. The molecule has 0 spiro atoms. The van der Waals surface area contributed by atoms with Gasteiger partial charge in [0.15, 0.2) is 12.2 Å². The van der Waals surface area contributed by atoms with E-state index in [1.807, 2.05) is 0 Å². The highest BCUT2D eigenvalue weighted by Crippen LogP contribution is 2.68. The lowest BCUT2D eigenvalue weighted by atomic mass is 9.81. The Labute approximate surface area is 528 Å². The summed E-state index contributed by atoms with van der Waals surface area (Å²) in [7, 11) is -4.24. The number of sulfone groups is 2. The number of fused-ring (bicyclic) bond motifs is 2. The quantitative estimate of drug-likeness (QED) is 0.0406. The monoisotopic (exact) mass is 1350 g/mol. The molecule has 15 rings (SSSR count). The van der Waals surface area contributed by atoms with E-state index in [0.717, 1.165) is 24.3 Å². The molecule has 8 fully saturated rings. The highest BCUT2D eigenvalue weighted by atomic mass is 32.2. The molecular formula is C63H62F6O22S2. The number of halogens is 6. The van der Waals surface area contributed by atoms with Crippen molar-refractivity contribution < 1.29 is 129 Å². The molecule has 0 radical (unpaired) electrons. The van der Waals surface area contributed by atoms with Crippen molar-refractivity contribution in [1.29, 1.82) is 0 Å². The molecule has 8 heterocycles. The van der Waals surface area contributed by atoms with E-state index in [2.05, 4.69) is 0 Å². The third-order valence-electron chi connectivity index (χ3n) is 18.0. The number of hydrogen-bond acceptors (Lipinski definition) is 22. The first-order valence-electron chi connectivity index (χ1n) is 29.4. The fraction of sp³-hybridized carbons (Fsp3) is 0.492. The summed E-state index contributed by atoms with van der Waals surface area (Å²) in [6.45, 7) is 4.83. The molecule has 4 aromatic rings. The van der Waals surface area contributed by atoms with Crippen LogP contribution in [0, 0.1) is 0 Å². The molecule has 93 heavy (non-hydrogen) atoms. The van der Waals surface area contributed by atoms with Gasteiger partial charge < -0.3 is 75.8 Å². The molecule has 11 aliphatic rings. The lowest BCUT2D eigenvalue weighted by Gasteiger charge is -2.61. The lowest BCUT2D eigenvalue weighted by molar-refractivity contribution is -0.536. The van der Waals surface area contributed by atoms with Crippen LogP contribution in [0.25, 0.3) is 33.4 Å². The normalized spacial score (nSPS) is 33.2. The van der Waals surface area contributed by atoms with Crippen LogP contribution in [-0.2, 0) is 95.5 Å². The van der Waals surface area contributed by atoms with Crippen molar-refractivity contribution in [1.82, 2.24) is 0 Å². The van der Waals surface area contributed by atoms with Crippen molar-refractivity contribution in [2.45, 2.75) is 153 Å². The van der Waals surface area contributed by atoms with E-state index in [-0.39, 0.29) is 60.6 Å². The second kappa shape index (κ2) is 23.7. The van der Waals surface area contributed by atoms with Crippen LogP contribution in [0.2, 0.25) is 0 Å². The first-order valence-corrected chi connectivity index (χ1v) is 32.4. The van der Waals surface area contributed by atoms with E-state index >= 15 is 26.3 Å². The second-order valence-electron chi connectivity index (χ2n) is 23.5. The van der Waals surface area contributed by atoms with Crippen LogP contribution in [0.3, 0.4) is 0 Å². The molecule has 6 saturated heterocycles. The van der Waals surface area contributed by atoms with E-state index in [1.54, 1.807) is 13.8 Å². The Hall–Kier alpha value is -6.04. The number of allylic oxidation sites excluding steroid dienone is 6. The Kier molecular flexibility index (Phi) is 16.7. The molecule has 4 aromatic carbocycles. The predicted octanol–water partition coefficient (Wildman–Crippen LogP) is 8.50. The van der Waals surface area contributed by atoms with Crippen LogP contribution in [0.4, 0.5) is 26.3 Å². The minimum Gasteiger partial charge on any atom is -0.453 e. The van der Waals surface area contributed by atoms with Crippen LogP contribution in [0.5, 0.6) is 0 Å². The highest BCUT2D eigenvalue weighted by molar-refractivity contribution is 7.96. The van der Waals surface area contributed by atoms with Crippen LogP contribution >= 0.6 is 0 Å². The van der Waals surface area contributed by atoms with Crippen molar-refractivity contribution in [2.75, 3.05) is 55.6 Å². The smallest absolute Gasteiger partial charge is 0.380 e. The minimum absolute atomic E-state index is 0.00422. The maximum Gasteiger partial charge on any atom is 0.380 e. The van der Waals surface area contributed by atoms with Gasteiger partial charge in [-0.3, -0.25) is 0 Å². The highest BCUT2D eigenvalue weighted by Gasteiger charge is 2.82. The van der Waals surface area contributed by atoms with Crippen LogP contribution in [0.15, 0.2) is 116 Å². The van der Waals surface area contributed by atoms with Gasteiger partial charge in [0.2, 0.25) is 19.7 Å². The average molecular weight is 1350 g/mol. The zero-order valence-corrected chi connectivity index (χ0v) is 52.5. The molecule has 8 bridgehead atoms. The first kappa shape index (κ1) is 65.6. The van der Waals surface area contributed by atoms with Gasteiger partial charge in [0.05, 0.1) is 30.7 Å². The first-order chi connectivity index (χ1) is 44.1. The zero-order valence-electron chi connectivity index (χ0n) is 50.8. The number of esters is 2. The summed E-state index contributed by atoms with van der Waals surface area (Å²) in [6.07, 6.45) is -12.1. The standard InChI is InChI=1S/C63H62F6O22S2/c1-9-37-41(35-21-19-33(23-39(35)92(37,72)73)29-11-15-31(16-12-29)57(70)84-49-53-45(80-25-76-5)51-46(81-26-77-6)54(49)89-59(3,86-51)88-53)43-44(62(66,67)63(68,69)61(43,64)65)42-36-22-20-34(24-40(36)93(74,75)38(42)10-2)30-13-17-32(18-14-30)58(71)85-50-55-47(82-27-78-7)52-48(83-28-79-8)56(50)91-60(4,87-52)90-55/h11-24,45-56H,9-10,25-28H2,1-8H3/t45-,46?,47+,48?,49?,50?,51?,52?,53+,54?,55-,56?,59?,60?. The number of ether oxygens (including phenoxy) is 16. The molecule has 14 atom stereocenters. The topological polar surface area (TPSA) is 250 Å². The summed E-state index contributed by atoms with van der Waals surface area (Å²) in [5.41, 5.74) is -6.90. The number of carbonyl (C=O) groups excluding carboxylic acids is 2. The zero-order chi connectivity index (χ0) is 66.3. The molecule has 2 saturated carbocycles. The summed E-state index contributed by atoms with van der Waals surface area (Å²) in [4.78, 5) is 24.6. The van der Waals surface area contributed by atoms with Crippen molar-refractivity contribution in [3.8, 4) is 22.3 Å². The van der Waals surface area contributed by atoms with Gasteiger partial charge in [0.1, 0.15) is 88.2 Å². The minimum atomic E-state index is -6.24. The Morgan fingerprint density at radius 1 is 0.430 bits per heavy atom. The summed E-state index contributed by atoms with van der Waals surface area (Å²) in [5.74, 6) is -22.6. The molecule has 30 heteroatoms. The summed E-state index contributed by atoms with van der Waals surface area (Å²) in [5, 5.41) is 0. The molecule has 3 aliphatic carbocycles. The van der Waals surface area contributed by atoms with Crippen LogP contribution < -0.4 is 0 Å². The van der Waals surface area contributed by atoms with E-state index in [4.69, 9.17) is 75.8 Å². The van der Waals surface area contributed by atoms with Gasteiger partial charge in [0, 0.05) is 75.7 Å². The Bertz CT molecular complexity index is 3700. The van der Waals surface area contributed by atoms with Crippen molar-refractivity contribution in [3.05, 3.63) is 128 Å². The molecule has 0 N–H and O–H groups in total. The molecular weight excluding hydrogens is 1290 g/mol. The van der Waals surface area contributed by atoms with Crippen molar-refractivity contribution in [3.63, 3.8) is 0 Å². The average Bonchev–Trinajstić information content (AvgIpc) is 1.56. The third-order valence-corrected chi connectivity index (χ3v) is 22.1. The lowest BCUT2D eigenvalue weighted by Crippen LogP contribution is -2.79. The van der Waals surface area contributed by atoms with Crippen LogP contribution in [0.1, 0.15) is 72.4 Å². The maximum absolute atomic E-state index is 17.0. The summed E-state index contributed by atoms with van der Waals surface area (Å²) in [6, 6.07) is 17.8. The number of carbonyl (C=O) groups is 2. The number of rotatable bonds is 22. The Morgan fingerprint density at radius 3 is 0.989 bits per heavy atom. The number of alkyl halides is 6. The van der Waals surface area contributed by atoms with E-state index in [0.29, 0.717) is 0 Å². The SMILES string of the molecule is CCC1=C(C2=C(C3=C(CC)S(=O)(=O)c4cc(-c5ccc(C(=O)OC6C7OC8(C)OC(C7OCOC)[C@H](OCOC)[C@H]6O8)cc5)ccc43)C(F)(F)C(F)(F)C2(F)F)c2ccc(-c3ccc(C(=O)OC4C5OC6(C)OC(C5OCOC)[C@@H](OCOC)[C@@H]4O6)cc3)cc2S1(=O)=O.